The Balaban J connectivity index is 2.52. The summed E-state index contributed by atoms with van der Waals surface area (Å²) in [7, 11) is 0. The number of allylic oxidation sites excluding steroid dienone is 2. The molecule has 0 saturated carbocycles. The summed E-state index contributed by atoms with van der Waals surface area (Å²) in [4.78, 5) is 16.0. The molecule has 1 N–H and O–H groups in total. The van der Waals surface area contributed by atoms with Gasteiger partial charge in [0.05, 0.1) is 16.7 Å². The van der Waals surface area contributed by atoms with Gasteiger partial charge in [0.2, 0.25) is 0 Å². The van der Waals surface area contributed by atoms with Gasteiger partial charge in [0.25, 0.3) is 0 Å². The Morgan fingerprint density at radius 3 is 2.50 bits per heavy atom. The van der Waals surface area contributed by atoms with Gasteiger partial charge in [-0.3, -0.25) is 9.79 Å². The van der Waals surface area contributed by atoms with Gasteiger partial charge in [0, 0.05) is 13.0 Å². The summed E-state index contributed by atoms with van der Waals surface area (Å²) in [5.41, 5.74) is 1.50. The number of hydrogen-bond acceptors (Lipinski definition) is 3. The van der Waals surface area contributed by atoms with Crippen LogP contribution in [0.1, 0.15) is 38.1 Å². The molecule has 0 aliphatic carbocycles. The molecular weight excluding hydrogens is 252 g/mol. The number of aromatic nitrogens is 1. The van der Waals surface area contributed by atoms with Crippen molar-refractivity contribution in [1.82, 2.24) is 4.73 Å². The Hall–Kier alpha value is -1.84. The number of rotatable bonds is 6. The predicted octanol–water partition coefficient (Wildman–Crippen LogP) is 2.80. The summed E-state index contributed by atoms with van der Waals surface area (Å²) < 4.78 is 1.14. The van der Waals surface area contributed by atoms with E-state index in [9.17, 15) is 10.0 Å². The van der Waals surface area contributed by atoms with Gasteiger partial charge < -0.3 is 5.21 Å². The van der Waals surface area contributed by atoms with Crippen molar-refractivity contribution < 1.29 is 10.0 Å². The van der Waals surface area contributed by atoms with E-state index in [0.29, 0.717) is 18.9 Å². The van der Waals surface area contributed by atoms with Crippen LogP contribution in [0.25, 0.3) is 0 Å². The Kier molecular flexibility index (Phi) is 6.22. The molecule has 0 spiro atoms. The van der Waals surface area contributed by atoms with Crippen LogP contribution in [0.2, 0.25) is 0 Å². The fourth-order valence-corrected chi connectivity index (χ4v) is 1.81. The summed E-state index contributed by atoms with van der Waals surface area (Å²) in [6, 6.07) is 3.65. The van der Waals surface area contributed by atoms with E-state index in [2.05, 4.69) is 4.99 Å². The molecule has 1 aromatic rings. The van der Waals surface area contributed by atoms with Crippen LogP contribution < -0.4 is 5.36 Å². The van der Waals surface area contributed by atoms with Crippen LogP contribution in [0.15, 0.2) is 29.3 Å². The molecule has 1 rings (SSSR count). The van der Waals surface area contributed by atoms with Gasteiger partial charge in [0.15, 0.2) is 5.78 Å². The first-order valence-corrected chi connectivity index (χ1v) is 7.01. The number of nitrogens with zero attached hydrogens (tertiary/aromatic N) is 2. The third kappa shape index (κ3) is 5.43. The van der Waals surface area contributed by atoms with E-state index in [1.165, 1.54) is 0 Å². The molecule has 0 unspecified atom stereocenters. The first-order valence-electron chi connectivity index (χ1n) is 7.01. The smallest absolute Gasteiger partial charge is 0.155 e. The fourth-order valence-electron chi connectivity index (χ4n) is 1.81. The molecule has 20 heavy (non-hydrogen) atoms. The molecule has 0 aliphatic heterocycles. The van der Waals surface area contributed by atoms with Crippen molar-refractivity contribution in [3.63, 3.8) is 0 Å². The van der Waals surface area contributed by atoms with Gasteiger partial charge in [-0.25, -0.2) is 0 Å². The lowest BCUT2D eigenvalue weighted by atomic mass is 10.1. The van der Waals surface area contributed by atoms with Crippen molar-refractivity contribution in [2.45, 2.75) is 40.5 Å². The zero-order valence-corrected chi connectivity index (χ0v) is 12.8. The van der Waals surface area contributed by atoms with Gasteiger partial charge in [-0.1, -0.05) is 19.9 Å². The molecule has 0 bridgehead atoms. The van der Waals surface area contributed by atoms with Crippen molar-refractivity contribution >= 4 is 5.78 Å². The Bertz CT molecular complexity index is 528. The predicted molar refractivity (Wildman–Crippen MR) is 79.7 cm³/mol. The second kappa shape index (κ2) is 7.68. The minimum atomic E-state index is 0.155. The zero-order chi connectivity index (χ0) is 15.1. The third-order valence-electron chi connectivity index (χ3n) is 2.92. The van der Waals surface area contributed by atoms with Crippen molar-refractivity contribution in [1.29, 1.82) is 0 Å². The van der Waals surface area contributed by atoms with Crippen LogP contribution in [-0.2, 0) is 4.79 Å². The number of carbonyl (C=O) groups is 1. The van der Waals surface area contributed by atoms with Crippen molar-refractivity contribution in [3.05, 3.63) is 41.0 Å². The number of pyridine rings is 1. The molecule has 110 valence electrons. The molecule has 1 aromatic heterocycles. The van der Waals surface area contributed by atoms with E-state index in [1.807, 2.05) is 45.9 Å². The number of carbonyl (C=O) groups excluding carboxylic acids is 1. The molecule has 0 amide bonds. The highest BCUT2D eigenvalue weighted by Crippen LogP contribution is 1.99. The van der Waals surface area contributed by atoms with Crippen LogP contribution in [0.5, 0.6) is 0 Å². The van der Waals surface area contributed by atoms with Crippen molar-refractivity contribution in [3.8, 4) is 0 Å². The third-order valence-corrected chi connectivity index (χ3v) is 2.92. The number of hydrogen-bond donors (Lipinski definition) is 1. The standard InChI is InChI=1S/C16H24N2O2/c1-12(2)7-8-16(19)6-5-9-17-15-10-13(3)18(20)14(4)11-15/h7-8,10-12,20H,5-6,9H2,1-4H3/b8-7+. The van der Waals surface area contributed by atoms with E-state index < -0.39 is 0 Å². The van der Waals surface area contributed by atoms with Gasteiger partial charge >= 0.3 is 0 Å². The summed E-state index contributed by atoms with van der Waals surface area (Å²) in [6.07, 6.45) is 4.85. The van der Waals surface area contributed by atoms with Gasteiger partial charge in [-0.2, -0.15) is 4.73 Å². The maximum absolute atomic E-state index is 11.5. The fraction of sp³-hybridized carbons (Fsp3) is 0.500. The molecular formula is C16H24N2O2. The molecule has 1 heterocycles. The Labute approximate surface area is 120 Å². The number of ketones is 1. The highest BCUT2D eigenvalue weighted by molar-refractivity contribution is 5.89. The van der Waals surface area contributed by atoms with Crippen LogP contribution in [0.4, 0.5) is 0 Å². The maximum atomic E-state index is 11.5. The molecule has 0 atom stereocenters. The van der Waals surface area contributed by atoms with Crippen LogP contribution >= 0.6 is 0 Å². The van der Waals surface area contributed by atoms with Crippen LogP contribution in [0, 0.1) is 19.8 Å². The largest absolute Gasteiger partial charge is 0.428 e. The minimum Gasteiger partial charge on any atom is -0.428 e. The lowest BCUT2D eigenvalue weighted by molar-refractivity contribution is -0.114. The van der Waals surface area contributed by atoms with E-state index in [-0.39, 0.29) is 5.78 Å². The number of aryl methyl sites for hydroxylation is 2. The SMILES string of the molecule is Cc1cc(=NCCCC(=O)/C=C/C(C)C)cc(C)n1O. The van der Waals surface area contributed by atoms with Gasteiger partial charge in [-0.05, 0) is 44.4 Å². The second-order valence-corrected chi connectivity index (χ2v) is 5.36. The van der Waals surface area contributed by atoms with E-state index in [0.717, 1.165) is 27.9 Å². The average molecular weight is 276 g/mol. The van der Waals surface area contributed by atoms with Gasteiger partial charge in [0.1, 0.15) is 0 Å². The molecule has 4 nitrogen and oxygen atoms in total. The first-order chi connectivity index (χ1) is 9.40. The second-order valence-electron chi connectivity index (χ2n) is 5.36. The van der Waals surface area contributed by atoms with E-state index in [4.69, 9.17) is 0 Å². The topological polar surface area (TPSA) is 54.6 Å². The normalized spacial score (nSPS) is 11.2. The van der Waals surface area contributed by atoms with Crippen molar-refractivity contribution in [2.75, 3.05) is 6.54 Å². The summed E-state index contributed by atoms with van der Waals surface area (Å²) in [5.74, 6) is 0.562. The molecule has 0 saturated heterocycles. The minimum absolute atomic E-state index is 0.155. The Morgan fingerprint density at radius 1 is 1.35 bits per heavy atom. The molecule has 0 fully saturated rings. The van der Waals surface area contributed by atoms with Crippen LogP contribution in [-0.4, -0.2) is 22.3 Å². The average Bonchev–Trinajstić information content (AvgIpc) is 2.38. The van der Waals surface area contributed by atoms with Gasteiger partial charge in [-0.15, -0.1) is 0 Å². The summed E-state index contributed by atoms with van der Waals surface area (Å²) >= 11 is 0. The highest BCUT2D eigenvalue weighted by atomic mass is 16.5. The summed E-state index contributed by atoms with van der Waals surface area (Å²) in [5, 5.41) is 10.4. The van der Waals surface area contributed by atoms with E-state index in [1.54, 1.807) is 6.08 Å². The zero-order valence-electron chi connectivity index (χ0n) is 12.8. The maximum Gasteiger partial charge on any atom is 0.155 e. The molecule has 4 heteroatoms. The highest BCUT2D eigenvalue weighted by Gasteiger charge is 1.98. The molecule has 0 aliphatic rings. The quantitative estimate of drug-likeness (QED) is 0.493. The van der Waals surface area contributed by atoms with Crippen LogP contribution in [0.3, 0.4) is 0 Å². The van der Waals surface area contributed by atoms with Crippen molar-refractivity contribution in [2.24, 2.45) is 10.9 Å². The lowest BCUT2D eigenvalue weighted by Crippen LogP contribution is -2.12. The summed E-state index contributed by atoms with van der Waals surface area (Å²) in [6.45, 7) is 8.37. The monoisotopic (exact) mass is 276 g/mol. The van der Waals surface area contributed by atoms with E-state index >= 15 is 0 Å². The molecule has 0 aromatic carbocycles. The molecule has 0 radical (unpaired) electrons. The lowest BCUT2D eigenvalue weighted by Gasteiger charge is -2.05. The Morgan fingerprint density at radius 2 is 1.95 bits per heavy atom. The first kappa shape index (κ1) is 16.2.